The molecule has 0 amide bonds. The minimum Gasteiger partial charge on any atom is -0.441 e. The molecule has 0 N–H and O–H groups in total. The van der Waals surface area contributed by atoms with Crippen molar-refractivity contribution < 1.29 is 19.1 Å². The van der Waals surface area contributed by atoms with Gasteiger partial charge in [0.15, 0.2) is 0 Å². The molecule has 1 atom stereocenters. The first-order chi connectivity index (χ1) is 12.5. The first-order valence-corrected chi connectivity index (χ1v) is 13.4. The van der Waals surface area contributed by atoms with Gasteiger partial charge in [0.25, 0.3) is 5.78 Å². The average Bonchev–Trinajstić information content (AvgIpc) is 2.90. The zero-order valence-electron chi connectivity index (χ0n) is 18.8. The zero-order valence-corrected chi connectivity index (χ0v) is 19.8. The predicted octanol–water partition coefficient (Wildman–Crippen LogP) is 5.30. The van der Waals surface area contributed by atoms with E-state index in [2.05, 4.69) is 67.2 Å². The Kier molecular flexibility index (Phi) is 4.33. The Morgan fingerprint density at radius 3 is 1.89 bits per heavy atom. The number of hydrogen-bond acceptors (Lipinski definition) is 4. The minimum atomic E-state index is -2.00. The Labute approximate surface area is 169 Å². The van der Waals surface area contributed by atoms with Crippen molar-refractivity contribution in [3.63, 3.8) is 0 Å². The second-order valence-corrected chi connectivity index (χ2v) is 16.1. The van der Waals surface area contributed by atoms with E-state index < -0.39 is 19.8 Å². The smallest absolute Gasteiger partial charge is 0.342 e. The van der Waals surface area contributed by atoms with Crippen molar-refractivity contribution in [1.82, 2.24) is 0 Å². The maximum atomic E-state index is 13.7. The summed E-state index contributed by atoms with van der Waals surface area (Å²) in [5.74, 6) is -1.78. The third kappa shape index (κ3) is 2.95. The van der Waals surface area contributed by atoms with Crippen molar-refractivity contribution in [2.24, 2.45) is 0 Å². The molecule has 0 bridgehead atoms. The highest BCUT2D eigenvalue weighted by Crippen LogP contribution is 2.50. The van der Waals surface area contributed by atoms with Gasteiger partial charge in [-0.05, 0) is 34.9 Å². The van der Waals surface area contributed by atoms with Gasteiger partial charge in [-0.3, -0.25) is 4.79 Å². The number of Topliss-reactive ketones (excluding diaryl/α,β-unsaturated/α-hetero) is 1. The summed E-state index contributed by atoms with van der Waals surface area (Å²) < 4.78 is 11.9. The van der Waals surface area contributed by atoms with Gasteiger partial charge in [0.05, 0.1) is 13.6 Å². The second-order valence-electron chi connectivity index (χ2n) is 11.1. The topological polar surface area (TPSA) is 52.6 Å². The maximum Gasteiger partial charge on any atom is 0.342 e. The number of hydrogen-bond donors (Lipinski definition) is 0. The maximum absolute atomic E-state index is 13.7. The highest BCUT2D eigenvalue weighted by molar-refractivity contribution is 6.87. The van der Waals surface area contributed by atoms with Crippen LogP contribution in [0.1, 0.15) is 70.0 Å². The minimum absolute atomic E-state index is 0.0993. The van der Waals surface area contributed by atoms with Gasteiger partial charge in [-0.15, -0.1) is 0 Å². The Morgan fingerprint density at radius 2 is 1.46 bits per heavy atom. The Balaban J connectivity index is 2.27. The summed E-state index contributed by atoms with van der Waals surface area (Å²) in [6, 6.07) is 4.04. The van der Waals surface area contributed by atoms with Crippen LogP contribution in [0.5, 0.6) is 5.75 Å². The van der Waals surface area contributed by atoms with Crippen LogP contribution in [-0.4, -0.2) is 25.6 Å². The zero-order chi connectivity index (χ0) is 21.4. The molecule has 4 nitrogen and oxygen atoms in total. The highest BCUT2D eigenvalue weighted by Gasteiger charge is 2.61. The Morgan fingerprint density at radius 1 is 0.893 bits per heavy atom. The van der Waals surface area contributed by atoms with E-state index in [1.807, 2.05) is 13.0 Å². The normalized spacial score (nSPS) is 22.6. The molecule has 0 aliphatic carbocycles. The van der Waals surface area contributed by atoms with Crippen LogP contribution in [0, 0.1) is 0 Å². The monoisotopic (exact) mass is 400 g/mol. The van der Waals surface area contributed by atoms with Crippen LogP contribution < -0.4 is 4.74 Å². The molecule has 1 aromatic carbocycles. The van der Waals surface area contributed by atoms with Gasteiger partial charge in [-0.1, -0.05) is 67.2 Å². The van der Waals surface area contributed by atoms with Gasteiger partial charge in [0, 0.05) is 10.8 Å². The number of benzene rings is 1. The fourth-order valence-electron chi connectivity index (χ4n) is 4.08. The van der Waals surface area contributed by atoms with E-state index in [1.165, 1.54) is 0 Å². The molecule has 152 valence electrons. The molecule has 5 heteroatoms. The lowest BCUT2D eigenvalue weighted by atomic mass is 9.77. The first-order valence-electron chi connectivity index (χ1n) is 9.88. The average molecular weight is 401 g/mol. The molecule has 3 rings (SSSR count). The van der Waals surface area contributed by atoms with Gasteiger partial charge < -0.3 is 9.47 Å². The highest BCUT2D eigenvalue weighted by atomic mass is 28.3. The van der Waals surface area contributed by atoms with E-state index in [0.29, 0.717) is 22.1 Å². The molecule has 0 fully saturated rings. The van der Waals surface area contributed by atoms with Gasteiger partial charge in [-0.2, -0.15) is 0 Å². The predicted molar refractivity (Wildman–Crippen MR) is 114 cm³/mol. The van der Waals surface area contributed by atoms with Crippen LogP contribution in [0.15, 0.2) is 22.9 Å². The SMILES string of the molecule is CC1=C([Si](C)(C)C)C(=O)OC12Oc1cc(C(C)(C)C)cc(C(C)(C)C)c1C2=O. The molecular weight excluding hydrogens is 368 g/mol. The summed E-state index contributed by atoms with van der Waals surface area (Å²) in [6.07, 6.45) is 0. The van der Waals surface area contributed by atoms with Crippen LogP contribution in [0.3, 0.4) is 0 Å². The van der Waals surface area contributed by atoms with Crippen molar-refractivity contribution in [3.8, 4) is 5.75 Å². The number of carbonyl (C=O) groups is 2. The van der Waals surface area contributed by atoms with E-state index in [9.17, 15) is 9.59 Å². The molecule has 28 heavy (non-hydrogen) atoms. The van der Waals surface area contributed by atoms with Crippen LogP contribution in [0.2, 0.25) is 19.6 Å². The van der Waals surface area contributed by atoms with Crippen molar-refractivity contribution >= 4 is 19.8 Å². The number of fused-ring (bicyclic) bond motifs is 1. The van der Waals surface area contributed by atoms with Crippen LogP contribution >= 0.6 is 0 Å². The number of esters is 1. The fourth-order valence-corrected chi connectivity index (χ4v) is 6.03. The van der Waals surface area contributed by atoms with E-state index in [1.54, 1.807) is 0 Å². The number of ether oxygens (including phenoxy) is 2. The molecule has 0 radical (unpaired) electrons. The van der Waals surface area contributed by atoms with Crippen molar-refractivity contribution in [2.75, 3.05) is 0 Å². The lowest BCUT2D eigenvalue weighted by molar-refractivity contribution is -0.159. The summed E-state index contributed by atoms with van der Waals surface area (Å²) in [7, 11) is -2.00. The summed E-state index contributed by atoms with van der Waals surface area (Å²) >= 11 is 0. The quantitative estimate of drug-likeness (QED) is 0.474. The van der Waals surface area contributed by atoms with Crippen LogP contribution in [0.25, 0.3) is 0 Å². The van der Waals surface area contributed by atoms with Crippen molar-refractivity contribution in [3.05, 3.63) is 39.6 Å². The van der Waals surface area contributed by atoms with E-state index >= 15 is 0 Å². The molecule has 0 saturated carbocycles. The Hall–Kier alpha value is -1.88. The number of carbonyl (C=O) groups excluding carboxylic acids is 2. The van der Waals surface area contributed by atoms with Crippen LogP contribution in [0.4, 0.5) is 0 Å². The second kappa shape index (κ2) is 5.82. The first kappa shape index (κ1) is 20.8. The van der Waals surface area contributed by atoms with Crippen molar-refractivity contribution in [1.29, 1.82) is 0 Å². The summed E-state index contributed by atoms with van der Waals surface area (Å²) in [5, 5.41) is 0.655. The molecule has 1 aromatic rings. The molecule has 0 aromatic heterocycles. The molecule has 2 aliphatic rings. The fraction of sp³-hybridized carbons (Fsp3) is 0.565. The van der Waals surface area contributed by atoms with Gasteiger partial charge >= 0.3 is 11.8 Å². The third-order valence-corrected chi connectivity index (χ3v) is 7.69. The van der Waals surface area contributed by atoms with Gasteiger partial charge in [-0.25, -0.2) is 4.79 Å². The van der Waals surface area contributed by atoms with Crippen LogP contribution in [-0.2, 0) is 20.4 Å². The molecule has 2 aliphatic heterocycles. The Bertz CT molecular complexity index is 920. The standard InChI is InChI=1S/C23H32O4Si/c1-13-18(28(8,9)10)20(25)27-23(13)19(24)17-15(22(5,6)7)11-14(21(2,3)4)12-16(17)26-23/h11-12H,1-10H3. The third-order valence-electron chi connectivity index (χ3n) is 5.62. The van der Waals surface area contributed by atoms with E-state index in [-0.39, 0.29) is 16.6 Å². The number of rotatable bonds is 1. The molecule has 1 spiro atoms. The molecule has 1 unspecified atom stereocenters. The van der Waals surface area contributed by atoms with Gasteiger partial charge in [0.2, 0.25) is 0 Å². The summed E-state index contributed by atoms with van der Waals surface area (Å²) in [4.78, 5) is 26.4. The largest absolute Gasteiger partial charge is 0.441 e. The number of ketones is 1. The molecule has 2 heterocycles. The summed E-state index contributed by atoms with van der Waals surface area (Å²) in [5.41, 5.74) is 2.84. The van der Waals surface area contributed by atoms with E-state index in [0.717, 1.165) is 11.1 Å². The van der Waals surface area contributed by atoms with Crippen molar-refractivity contribution in [2.45, 2.75) is 84.7 Å². The van der Waals surface area contributed by atoms with Gasteiger partial charge in [0.1, 0.15) is 5.75 Å². The molecular formula is C23H32O4Si. The lowest BCUT2D eigenvalue weighted by Crippen LogP contribution is -2.42. The summed E-state index contributed by atoms with van der Waals surface area (Å²) in [6.45, 7) is 20.7. The van der Waals surface area contributed by atoms with E-state index in [4.69, 9.17) is 9.47 Å². The lowest BCUT2D eigenvalue weighted by Gasteiger charge is -2.26. The molecule has 0 saturated heterocycles.